The van der Waals surface area contributed by atoms with Gasteiger partial charge in [-0.15, -0.1) is 6.58 Å². The Labute approximate surface area is 133 Å². The molecule has 0 unspecified atom stereocenters. The molecule has 0 aliphatic heterocycles. The number of allylic oxidation sites excluding steroid dienone is 1. The molecular formula is C21H25N. The molecule has 0 saturated carbocycles. The van der Waals surface area contributed by atoms with E-state index in [2.05, 4.69) is 75.2 Å². The van der Waals surface area contributed by atoms with Crippen molar-refractivity contribution >= 4 is 21.8 Å². The first-order valence-corrected chi connectivity index (χ1v) is 8.19. The van der Waals surface area contributed by atoms with E-state index in [1.54, 1.807) is 0 Å². The average molecular weight is 291 g/mol. The highest BCUT2D eigenvalue weighted by molar-refractivity contribution is 6.08. The average Bonchev–Trinajstić information content (AvgIpc) is 2.81. The smallest absolute Gasteiger partial charge is 0.0494 e. The summed E-state index contributed by atoms with van der Waals surface area (Å²) in [5.41, 5.74) is 5.42. The van der Waals surface area contributed by atoms with Gasteiger partial charge in [-0.3, -0.25) is 0 Å². The maximum absolute atomic E-state index is 3.92. The van der Waals surface area contributed by atoms with Gasteiger partial charge in [0.05, 0.1) is 0 Å². The molecule has 0 fully saturated rings. The summed E-state index contributed by atoms with van der Waals surface area (Å²) in [7, 11) is 0. The molecule has 0 N–H and O–H groups in total. The van der Waals surface area contributed by atoms with Crippen LogP contribution < -0.4 is 0 Å². The number of benzene rings is 2. The molecule has 0 aliphatic rings. The zero-order chi connectivity index (χ0) is 15.9. The number of fused-ring (bicyclic) bond motifs is 3. The van der Waals surface area contributed by atoms with E-state index in [4.69, 9.17) is 0 Å². The molecule has 22 heavy (non-hydrogen) atoms. The van der Waals surface area contributed by atoms with Gasteiger partial charge in [-0.2, -0.15) is 0 Å². The van der Waals surface area contributed by atoms with E-state index in [1.807, 2.05) is 6.08 Å². The van der Waals surface area contributed by atoms with E-state index in [0.717, 1.165) is 6.54 Å². The van der Waals surface area contributed by atoms with Crippen LogP contribution in [0.2, 0.25) is 0 Å². The highest BCUT2D eigenvalue weighted by atomic mass is 15.0. The number of aromatic nitrogens is 1. The van der Waals surface area contributed by atoms with Crippen molar-refractivity contribution in [3.63, 3.8) is 0 Å². The van der Waals surface area contributed by atoms with E-state index in [9.17, 15) is 0 Å². The van der Waals surface area contributed by atoms with Crippen LogP contribution in [0, 0.1) is 0 Å². The summed E-state index contributed by atoms with van der Waals surface area (Å²) >= 11 is 0. The third kappa shape index (κ3) is 2.35. The van der Waals surface area contributed by atoms with E-state index < -0.39 is 0 Å². The summed E-state index contributed by atoms with van der Waals surface area (Å²) in [4.78, 5) is 0. The fourth-order valence-electron chi connectivity index (χ4n) is 3.18. The second-order valence-corrected chi connectivity index (χ2v) is 6.76. The predicted molar refractivity (Wildman–Crippen MR) is 97.8 cm³/mol. The lowest BCUT2D eigenvalue weighted by molar-refractivity contribution is 0.865. The first kappa shape index (κ1) is 14.9. The molecule has 1 nitrogen and oxygen atoms in total. The maximum atomic E-state index is 3.92. The molecule has 114 valence electrons. The minimum Gasteiger partial charge on any atom is -0.337 e. The zero-order valence-corrected chi connectivity index (χ0v) is 14.1. The molecule has 0 radical (unpaired) electrons. The van der Waals surface area contributed by atoms with Crippen molar-refractivity contribution in [1.82, 2.24) is 4.57 Å². The molecule has 2 aromatic carbocycles. The lowest BCUT2D eigenvalue weighted by atomic mass is 9.98. The van der Waals surface area contributed by atoms with Crippen LogP contribution in [0.15, 0.2) is 49.1 Å². The largest absolute Gasteiger partial charge is 0.337 e. The van der Waals surface area contributed by atoms with Crippen molar-refractivity contribution < 1.29 is 0 Å². The van der Waals surface area contributed by atoms with Crippen molar-refractivity contribution in [2.45, 2.75) is 46.1 Å². The van der Waals surface area contributed by atoms with Crippen molar-refractivity contribution in [2.75, 3.05) is 0 Å². The first-order valence-electron chi connectivity index (χ1n) is 8.19. The minimum absolute atomic E-state index is 0.551. The van der Waals surface area contributed by atoms with Gasteiger partial charge in [0.25, 0.3) is 0 Å². The second-order valence-electron chi connectivity index (χ2n) is 6.76. The second kappa shape index (κ2) is 5.64. The fraction of sp³-hybridized carbons (Fsp3) is 0.333. The molecule has 3 rings (SSSR count). The van der Waals surface area contributed by atoms with Crippen molar-refractivity contribution in [2.24, 2.45) is 0 Å². The molecule has 0 atom stereocenters. The van der Waals surface area contributed by atoms with Gasteiger partial charge in [-0.1, -0.05) is 45.9 Å². The fourth-order valence-corrected chi connectivity index (χ4v) is 3.18. The van der Waals surface area contributed by atoms with Gasteiger partial charge in [0.1, 0.15) is 0 Å². The highest BCUT2D eigenvalue weighted by Crippen LogP contribution is 2.33. The lowest BCUT2D eigenvalue weighted by Gasteiger charge is -2.07. The minimum atomic E-state index is 0.551. The van der Waals surface area contributed by atoms with E-state index in [1.165, 1.54) is 32.9 Å². The molecule has 0 bridgehead atoms. The van der Waals surface area contributed by atoms with Crippen LogP contribution in [-0.4, -0.2) is 4.57 Å². The quantitative estimate of drug-likeness (QED) is 0.502. The van der Waals surface area contributed by atoms with E-state index in [-0.39, 0.29) is 0 Å². The Hall–Kier alpha value is -2.02. The number of hydrogen-bond donors (Lipinski definition) is 0. The Balaban J connectivity index is 2.39. The molecule has 0 amide bonds. The summed E-state index contributed by atoms with van der Waals surface area (Å²) in [5, 5.41) is 2.73. The van der Waals surface area contributed by atoms with Gasteiger partial charge in [-0.25, -0.2) is 0 Å². The number of hydrogen-bond acceptors (Lipinski definition) is 0. The summed E-state index contributed by atoms with van der Waals surface area (Å²) in [6.07, 6.45) is 1.98. The van der Waals surface area contributed by atoms with Crippen LogP contribution >= 0.6 is 0 Å². The Morgan fingerprint density at radius 1 is 0.864 bits per heavy atom. The Morgan fingerprint density at radius 2 is 1.32 bits per heavy atom. The molecule has 0 spiro atoms. The predicted octanol–water partition coefficient (Wildman–Crippen LogP) is 6.23. The van der Waals surface area contributed by atoms with Gasteiger partial charge in [-0.05, 0) is 47.2 Å². The third-order valence-corrected chi connectivity index (χ3v) is 4.56. The monoisotopic (exact) mass is 291 g/mol. The zero-order valence-electron chi connectivity index (χ0n) is 14.1. The lowest BCUT2D eigenvalue weighted by Crippen LogP contribution is -1.95. The summed E-state index contributed by atoms with van der Waals surface area (Å²) in [6, 6.07) is 13.8. The normalized spacial score (nSPS) is 11.9. The SMILES string of the molecule is C=CCn1c2ccc(C(C)C)cc2c2cc(C(C)C)ccc21. The van der Waals surface area contributed by atoms with Crippen molar-refractivity contribution in [1.29, 1.82) is 0 Å². The third-order valence-electron chi connectivity index (χ3n) is 4.56. The summed E-state index contributed by atoms with van der Waals surface area (Å²) in [6.45, 7) is 13.8. The van der Waals surface area contributed by atoms with Crippen molar-refractivity contribution in [3.05, 3.63) is 60.2 Å². The molecule has 3 aromatic rings. The topological polar surface area (TPSA) is 4.93 Å². The maximum Gasteiger partial charge on any atom is 0.0494 e. The van der Waals surface area contributed by atoms with Crippen molar-refractivity contribution in [3.8, 4) is 0 Å². The molecule has 0 aliphatic carbocycles. The summed E-state index contributed by atoms with van der Waals surface area (Å²) < 4.78 is 2.37. The number of nitrogens with zero attached hydrogens (tertiary/aromatic N) is 1. The highest BCUT2D eigenvalue weighted by Gasteiger charge is 2.12. The Morgan fingerprint density at radius 3 is 1.68 bits per heavy atom. The van der Waals surface area contributed by atoms with E-state index in [0.29, 0.717) is 11.8 Å². The Kier molecular flexibility index (Phi) is 3.82. The molecular weight excluding hydrogens is 266 g/mol. The van der Waals surface area contributed by atoms with E-state index >= 15 is 0 Å². The van der Waals surface area contributed by atoms with Gasteiger partial charge >= 0.3 is 0 Å². The summed E-state index contributed by atoms with van der Waals surface area (Å²) in [5.74, 6) is 1.10. The van der Waals surface area contributed by atoms with Crippen LogP contribution in [0.4, 0.5) is 0 Å². The number of rotatable bonds is 4. The molecule has 1 aromatic heterocycles. The van der Waals surface area contributed by atoms with Gasteiger partial charge in [0.2, 0.25) is 0 Å². The van der Waals surface area contributed by atoms with Crippen LogP contribution in [0.3, 0.4) is 0 Å². The first-order chi connectivity index (χ1) is 10.5. The van der Waals surface area contributed by atoms with Gasteiger partial charge < -0.3 is 4.57 Å². The molecule has 1 heteroatoms. The molecule has 0 saturated heterocycles. The van der Waals surface area contributed by atoms with Gasteiger partial charge in [0.15, 0.2) is 0 Å². The van der Waals surface area contributed by atoms with Gasteiger partial charge in [0, 0.05) is 28.4 Å². The van der Waals surface area contributed by atoms with Crippen LogP contribution in [0.5, 0.6) is 0 Å². The standard InChI is InChI=1S/C21H25N/c1-6-11-22-20-9-7-16(14(2)3)12-18(20)19-13-17(15(4)5)8-10-21(19)22/h6-10,12-15H,1,11H2,2-5H3. The van der Waals surface area contributed by atoms with Crippen LogP contribution in [-0.2, 0) is 6.54 Å². The Bertz CT molecular complexity index is 769. The van der Waals surface area contributed by atoms with Crippen LogP contribution in [0.1, 0.15) is 50.7 Å². The molecule has 1 heterocycles. The van der Waals surface area contributed by atoms with Crippen LogP contribution in [0.25, 0.3) is 21.8 Å².